The molecular weight excluding hydrogens is 264 g/mol. The molecule has 0 unspecified atom stereocenters. The Labute approximate surface area is 123 Å². The van der Waals surface area contributed by atoms with Crippen LogP contribution in [0.25, 0.3) is 10.9 Å². The van der Waals surface area contributed by atoms with Crippen molar-refractivity contribution >= 4 is 16.6 Å². The number of benzene rings is 2. The first-order chi connectivity index (χ1) is 10.3. The summed E-state index contributed by atoms with van der Waals surface area (Å²) < 4.78 is 11.1. The molecule has 0 aliphatic heterocycles. The maximum atomic E-state index is 5.86. The molecular formula is C17H16N2O2. The van der Waals surface area contributed by atoms with E-state index in [-0.39, 0.29) is 0 Å². The molecule has 0 fully saturated rings. The number of para-hydroxylation sites is 1. The molecule has 4 heteroatoms. The summed E-state index contributed by atoms with van der Waals surface area (Å²) in [5.41, 5.74) is 8.37. The zero-order chi connectivity index (χ0) is 14.7. The summed E-state index contributed by atoms with van der Waals surface area (Å²) in [4.78, 5) is 4.42. The van der Waals surface area contributed by atoms with Crippen LogP contribution >= 0.6 is 0 Å². The number of methoxy groups -OCH3 is 1. The van der Waals surface area contributed by atoms with Gasteiger partial charge in [0.05, 0.1) is 12.6 Å². The molecule has 106 valence electrons. The third-order valence-electron chi connectivity index (χ3n) is 3.29. The molecule has 2 aromatic carbocycles. The van der Waals surface area contributed by atoms with Crippen molar-refractivity contribution in [2.24, 2.45) is 0 Å². The lowest BCUT2D eigenvalue weighted by atomic mass is 10.1. The Morgan fingerprint density at radius 3 is 2.76 bits per heavy atom. The lowest BCUT2D eigenvalue weighted by molar-refractivity contribution is 0.285. The third kappa shape index (κ3) is 2.74. The number of nitrogens with two attached hydrogens (primary N) is 1. The van der Waals surface area contributed by atoms with Gasteiger partial charge in [0.25, 0.3) is 0 Å². The molecule has 0 aliphatic carbocycles. The minimum Gasteiger partial charge on any atom is -0.493 e. The van der Waals surface area contributed by atoms with Gasteiger partial charge in [-0.15, -0.1) is 0 Å². The Morgan fingerprint density at radius 1 is 1.05 bits per heavy atom. The number of fused-ring (bicyclic) bond motifs is 1. The Kier molecular flexibility index (Phi) is 3.60. The Morgan fingerprint density at radius 2 is 1.90 bits per heavy atom. The Hall–Kier alpha value is -2.75. The molecule has 1 aromatic heterocycles. The van der Waals surface area contributed by atoms with Crippen LogP contribution in [0.4, 0.5) is 5.69 Å². The van der Waals surface area contributed by atoms with E-state index in [1.165, 1.54) is 0 Å². The smallest absolute Gasteiger partial charge is 0.162 e. The van der Waals surface area contributed by atoms with Crippen LogP contribution in [-0.2, 0) is 6.61 Å². The van der Waals surface area contributed by atoms with Crippen molar-refractivity contribution in [2.45, 2.75) is 6.61 Å². The predicted molar refractivity (Wildman–Crippen MR) is 83.5 cm³/mol. The predicted octanol–water partition coefficient (Wildman–Crippen LogP) is 3.40. The Bertz CT molecular complexity index is 766. The molecule has 0 radical (unpaired) electrons. The van der Waals surface area contributed by atoms with Crippen LogP contribution in [-0.4, -0.2) is 12.1 Å². The summed E-state index contributed by atoms with van der Waals surface area (Å²) in [5, 5.41) is 1.10. The molecule has 0 spiro atoms. The van der Waals surface area contributed by atoms with Gasteiger partial charge in [-0.05, 0) is 18.2 Å². The van der Waals surface area contributed by atoms with E-state index in [1.54, 1.807) is 25.4 Å². The van der Waals surface area contributed by atoms with E-state index in [0.29, 0.717) is 23.8 Å². The number of nitrogen functional groups attached to an aromatic ring is 1. The fraction of sp³-hybridized carbons (Fsp3) is 0.118. The summed E-state index contributed by atoms with van der Waals surface area (Å²) in [6, 6.07) is 15.4. The highest BCUT2D eigenvalue weighted by Gasteiger charge is 2.07. The van der Waals surface area contributed by atoms with Crippen LogP contribution < -0.4 is 15.2 Å². The molecule has 2 N–H and O–H groups in total. The topological polar surface area (TPSA) is 57.4 Å². The van der Waals surface area contributed by atoms with Crippen molar-refractivity contribution in [3.8, 4) is 11.5 Å². The normalized spacial score (nSPS) is 10.5. The Balaban J connectivity index is 1.87. The summed E-state index contributed by atoms with van der Waals surface area (Å²) in [6.07, 6.45) is 1.79. The van der Waals surface area contributed by atoms with Gasteiger partial charge in [0, 0.05) is 28.9 Å². The minimum atomic E-state index is 0.425. The summed E-state index contributed by atoms with van der Waals surface area (Å²) >= 11 is 0. The van der Waals surface area contributed by atoms with Gasteiger partial charge in [-0.2, -0.15) is 0 Å². The van der Waals surface area contributed by atoms with Crippen LogP contribution in [0.1, 0.15) is 5.56 Å². The third-order valence-corrected chi connectivity index (χ3v) is 3.29. The number of pyridine rings is 1. The number of rotatable bonds is 4. The zero-order valence-electron chi connectivity index (χ0n) is 11.7. The maximum absolute atomic E-state index is 5.86. The second kappa shape index (κ2) is 5.71. The average molecular weight is 280 g/mol. The van der Waals surface area contributed by atoms with Crippen molar-refractivity contribution in [2.75, 3.05) is 12.8 Å². The van der Waals surface area contributed by atoms with Gasteiger partial charge in [0.1, 0.15) is 6.61 Å². The summed E-state index contributed by atoms with van der Waals surface area (Å²) in [7, 11) is 1.60. The number of ether oxygens (including phenoxy) is 2. The molecule has 0 aliphatic rings. The van der Waals surface area contributed by atoms with E-state index in [9.17, 15) is 0 Å². The molecule has 0 saturated carbocycles. The van der Waals surface area contributed by atoms with Gasteiger partial charge in [-0.25, -0.2) is 0 Å². The first-order valence-electron chi connectivity index (χ1n) is 6.67. The van der Waals surface area contributed by atoms with E-state index in [4.69, 9.17) is 15.2 Å². The first kappa shape index (κ1) is 13.2. The van der Waals surface area contributed by atoms with E-state index in [0.717, 1.165) is 16.5 Å². The van der Waals surface area contributed by atoms with Crippen molar-refractivity contribution < 1.29 is 9.47 Å². The first-order valence-corrected chi connectivity index (χ1v) is 6.67. The van der Waals surface area contributed by atoms with E-state index >= 15 is 0 Å². The standard InChI is InChI=1S/C17H16N2O2/c1-20-16-10-14(18)7-8-15(16)21-11-13-5-2-4-12-6-3-9-19-17(12)13/h2-10H,11,18H2,1H3. The molecule has 21 heavy (non-hydrogen) atoms. The second-order valence-corrected chi connectivity index (χ2v) is 4.69. The van der Waals surface area contributed by atoms with Crippen LogP contribution in [0.3, 0.4) is 0 Å². The summed E-state index contributed by atoms with van der Waals surface area (Å²) in [6.45, 7) is 0.425. The van der Waals surface area contributed by atoms with E-state index in [1.807, 2.05) is 36.4 Å². The SMILES string of the molecule is COc1cc(N)ccc1OCc1cccc2cccnc12. The van der Waals surface area contributed by atoms with Gasteiger partial charge < -0.3 is 15.2 Å². The number of nitrogens with zero attached hydrogens (tertiary/aromatic N) is 1. The van der Waals surface area contributed by atoms with E-state index < -0.39 is 0 Å². The second-order valence-electron chi connectivity index (χ2n) is 4.69. The van der Waals surface area contributed by atoms with Crippen molar-refractivity contribution in [3.63, 3.8) is 0 Å². The van der Waals surface area contributed by atoms with Crippen LogP contribution in [0, 0.1) is 0 Å². The van der Waals surface area contributed by atoms with E-state index in [2.05, 4.69) is 4.98 Å². The molecule has 0 saturated heterocycles. The van der Waals surface area contributed by atoms with Crippen LogP contribution in [0.5, 0.6) is 11.5 Å². The highest BCUT2D eigenvalue weighted by atomic mass is 16.5. The quantitative estimate of drug-likeness (QED) is 0.744. The van der Waals surface area contributed by atoms with Gasteiger partial charge in [-0.3, -0.25) is 4.98 Å². The monoisotopic (exact) mass is 280 g/mol. The van der Waals surface area contributed by atoms with Gasteiger partial charge in [-0.1, -0.05) is 24.3 Å². The number of aromatic nitrogens is 1. The number of anilines is 1. The molecule has 1 heterocycles. The highest BCUT2D eigenvalue weighted by molar-refractivity contribution is 5.81. The lowest BCUT2D eigenvalue weighted by Gasteiger charge is -2.12. The van der Waals surface area contributed by atoms with Crippen LogP contribution in [0.2, 0.25) is 0 Å². The fourth-order valence-corrected chi connectivity index (χ4v) is 2.24. The molecule has 0 atom stereocenters. The van der Waals surface area contributed by atoms with Crippen molar-refractivity contribution in [3.05, 3.63) is 60.3 Å². The fourth-order valence-electron chi connectivity index (χ4n) is 2.24. The largest absolute Gasteiger partial charge is 0.493 e. The van der Waals surface area contributed by atoms with Crippen molar-refractivity contribution in [1.29, 1.82) is 0 Å². The lowest BCUT2D eigenvalue weighted by Crippen LogP contribution is -1.99. The van der Waals surface area contributed by atoms with Crippen molar-refractivity contribution in [1.82, 2.24) is 4.98 Å². The molecule has 3 aromatic rings. The van der Waals surface area contributed by atoms with Crippen LogP contribution in [0.15, 0.2) is 54.7 Å². The van der Waals surface area contributed by atoms with Gasteiger partial charge in [0.15, 0.2) is 11.5 Å². The van der Waals surface area contributed by atoms with Gasteiger partial charge in [0.2, 0.25) is 0 Å². The molecule has 0 amide bonds. The zero-order valence-corrected chi connectivity index (χ0v) is 11.7. The van der Waals surface area contributed by atoms with Gasteiger partial charge >= 0.3 is 0 Å². The highest BCUT2D eigenvalue weighted by Crippen LogP contribution is 2.30. The molecule has 0 bridgehead atoms. The molecule has 3 rings (SSSR count). The summed E-state index contributed by atoms with van der Waals surface area (Å²) in [5.74, 6) is 1.29. The number of hydrogen-bond acceptors (Lipinski definition) is 4. The molecule has 4 nitrogen and oxygen atoms in total. The average Bonchev–Trinajstić information content (AvgIpc) is 2.53. The minimum absolute atomic E-state index is 0.425. The number of hydrogen-bond donors (Lipinski definition) is 1. The maximum Gasteiger partial charge on any atom is 0.162 e.